The Hall–Kier alpha value is -2.01. The standard InChI is InChI=1S/C13H12N2O2S/c1-18-10-5-2-4-9(8-10)17-13-11(12(14)16)6-3-7-15-13/h2-8H,1H3,(H2,14,16). The summed E-state index contributed by atoms with van der Waals surface area (Å²) in [6.07, 6.45) is 3.54. The van der Waals surface area contributed by atoms with Crippen molar-refractivity contribution in [2.24, 2.45) is 5.73 Å². The second-order valence-electron chi connectivity index (χ2n) is 3.50. The molecule has 0 unspecified atom stereocenters. The van der Waals surface area contributed by atoms with Gasteiger partial charge in [-0.3, -0.25) is 4.79 Å². The van der Waals surface area contributed by atoms with Crippen LogP contribution in [-0.2, 0) is 0 Å². The first-order chi connectivity index (χ1) is 8.70. The number of primary amides is 1. The van der Waals surface area contributed by atoms with Crippen molar-refractivity contribution in [2.45, 2.75) is 4.90 Å². The number of benzene rings is 1. The highest BCUT2D eigenvalue weighted by molar-refractivity contribution is 7.98. The summed E-state index contributed by atoms with van der Waals surface area (Å²) in [7, 11) is 0. The fraction of sp³-hybridized carbons (Fsp3) is 0.0769. The van der Waals surface area contributed by atoms with Crippen molar-refractivity contribution in [3.8, 4) is 11.6 Å². The number of hydrogen-bond donors (Lipinski definition) is 1. The number of thioether (sulfide) groups is 1. The molecule has 0 aliphatic carbocycles. The fourth-order valence-electron chi connectivity index (χ4n) is 1.44. The molecule has 92 valence electrons. The molecule has 2 rings (SSSR count). The van der Waals surface area contributed by atoms with Gasteiger partial charge in [0.05, 0.1) is 0 Å². The molecule has 4 nitrogen and oxygen atoms in total. The third kappa shape index (κ3) is 2.81. The molecule has 1 amide bonds. The van der Waals surface area contributed by atoms with Gasteiger partial charge in [-0.2, -0.15) is 0 Å². The Morgan fingerprint density at radius 1 is 1.33 bits per heavy atom. The van der Waals surface area contributed by atoms with E-state index in [-0.39, 0.29) is 11.4 Å². The molecule has 0 fully saturated rings. The van der Waals surface area contributed by atoms with Crippen molar-refractivity contribution in [3.05, 3.63) is 48.2 Å². The van der Waals surface area contributed by atoms with Gasteiger partial charge in [0.15, 0.2) is 0 Å². The van der Waals surface area contributed by atoms with Gasteiger partial charge in [-0.1, -0.05) is 6.07 Å². The lowest BCUT2D eigenvalue weighted by Gasteiger charge is -2.08. The monoisotopic (exact) mass is 260 g/mol. The van der Waals surface area contributed by atoms with E-state index in [0.29, 0.717) is 5.75 Å². The van der Waals surface area contributed by atoms with Crippen LogP contribution in [0, 0.1) is 0 Å². The topological polar surface area (TPSA) is 65.2 Å². The van der Waals surface area contributed by atoms with Gasteiger partial charge in [-0.15, -0.1) is 11.8 Å². The number of rotatable bonds is 4. The van der Waals surface area contributed by atoms with Crippen LogP contribution in [0.1, 0.15) is 10.4 Å². The molecule has 2 N–H and O–H groups in total. The van der Waals surface area contributed by atoms with Gasteiger partial charge in [0, 0.05) is 11.1 Å². The van der Waals surface area contributed by atoms with Crippen LogP contribution in [-0.4, -0.2) is 17.1 Å². The van der Waals surface area contributed by atoms with Crippen molar-refractivity contribution >= 4 is 17.7 Å². The molecule has 0 aliphatic rings. The van der Waals surface area contributed by atoms with Crippen LogP contribution in [0.15, 0.2) is 47.5 Å². The summed E-state index contributed by atoms with van der Waals surface area (Å²) in [6.45, 7) is 0. The maximum atomic E-state index is 11.2. The Morgan fingerprint density at radius 3 is 2.89 bits per heavy atom. The summed E-state index contributed by atoms with van der Waals surface area (Å²) >= 11 is 1.61. The highest BCUT2D eigenvalue weighted by Gasteiger charge is 2.10. The lowest BCUT2D eigenvalue weighted by Crippen LogP contribution is -2.12. The molecule has 0 radical (unpaired) electrons. The largest absolute Gasteiger partial charge is 0.438 e. The molecule has 1 heterocycles. The Balaban J connectivity index is 2.31. The SMILES string of the molecule is CSc1cccc(Oc2ncccc2C(N)=O)c1. The first-order valence-corrected chi connectivity index (χ1v) is 6.50. The molecule has 0 spiro atoms. The van der Waals surface area contributed by atoms with Crippen molar-refractivity contribution in [3.63, 3.8) is 0 Å². The maximum absolute atomic E-state index is 11.2. The van der Waals surface area contributed by atoms with Gasteiger partial charge >= 0.3 is 0 Å². The molecule has 18 heavy (non-hydrogen) atoms. The Kier molecular flexibility index (Phi) is 3.84. The Bertz CT molecular complexity index is 572. The minimum Gasteiger partial charge on any atom is -0.438 e. The van der Waals surface area contributed by atoms with Crippen LogP contribution in [0.3, 0.4) is 0 Å². The third-order valence-electron chi connectivity index (χ3n) is 2.29. The minimum absolute atomic E-state index is 0.225. The van der Waals surface area contributed by atoms with E-state index in [1.807, 2.05) is 24.5 Å². The molecule has 5 heteroatoms. The van der Waals surface area contributed by atoms with Crippen LogP contribution in [0.5, 0.6) is 11.6 Å². The highest BCUT2D eigenvalue weighted by Crippen LogP contribution is 2.26. The lowest BCUT2D eigenvalue weighted by molar-refractivity contribution is 0.0997. The summed E-state index contributed by atoms with van der Waals surface area (Å²) in [4.78, 5) is 16.3. The van der Waals surface area contributed by atoms with Crippen molar-refractivity contribution in [1.82, 2.24) is 4.98 Å². The van der Waals surface area contributed by atoms with E-state index in [2.05, 4.69) is 4.98 Å². The van der Waals surface area contributed by atoms with Crippen LogP contribution in [0.4, 0.5) is 0 Å². The number of carbonyl (C=O) groups is 1. The number of aromatic nitrogens is 1. The van der Waals surface area contributed by atoms with Gasteiger partial charge in [0.1, 0.15) is 11.3 Å². The van der Waals surface area contributed by atoms with Gasteiger partial charge in [0.25, 0.3) is 5.91 Å². The van der Waals surface area contributed by atoms with Crippen LogP contribution >= 0.6 is 11.8 Å². The first kappa shape index (κ1) is 12.4. The molecule has 0 atom stereocenters. The molecule has 2 aromatic rings. The number of ether oxygens (including phenoxy) is 1. The first-order valence-electron chi connectivity index (χ1n) is 5.27. The van der Waals surface area contributed by atoms with E-state index in [4.69, 9.17) is 10.5 Å². The number of hydrogen-bond acceptors (Lipinski definition) is 4. The van der Waals surface area contributed by atoms with Crippen LogP contribution < -0.4 is 10.5 Å². The van der Waals surface area contributed by atoms with Crippen molar-refractivity contribution < 1.29 is 9.53 Å². The third-order valence-corrected chi connectivity index (χ3v) is 3.02. The average Bonchev–Trinajstić information content (AvgIpc) is 2.39. The number of pyridine rings is 1. The smallest absolute Gasteiger partial charge is 0.254 e. The molecule has 0 bridgehead atoms. The summed E-state index contributed by atoms with van der Waals surface area (Å²) in [5.41, 5.74) is 5.53. The second kappa shape index (κ2) is 5.55. The fourth-order valence-corrected chi connectivity index (χ4v) is 1.88. The number of nitrogens with zero attached hydrogens (tertiary/aromatic N) is 1. The predicted molar refractivity (Wildman–Crippen MR) is 71.1 cm³/mol. The summed E-state index contributed by atoms with van der Waals surface area (Å²) in [6, 6.07) is 10.8. The Labute approximate surface area is 109 Å². The van der Waals surface area contributed by atoms with E-state index in [1.54, 1.807) is 36.2 Å². The zero-order chi connectivity index (χ0) is 13.0. The molecule has 1 aromatic heterocycles. The molecule has 1 aromatic carbocycles. The highest BCUT2D eigenvalue weighted by atomic mass is 32.2. The number of nitrogens with two attached hydrogens (primary N) is 1. The van der Waals surface area contributed by atoms with Crippen LogP contribution in [0.25, 0.3) is 0 Å². The van der Waals surface area contributed by atoms with E-state index in [9.17, 15) is 4.79 Å². The zero-order valence-electron chi connectivity index (χ0n) is 9.79. The minimum atomic E-state index is -0.556. The van der Waals surface area contributed by atoms with Gasteiger partial charge < -0.3 is 10.5 Å². The zero-order valence-corrected chi connectivity index (χ0v) is 10.6. The molecular formula is C13H12N2O2S. The van der Waals surface area contributed by atoms with Crippen LogP contribution in [0.2, 0.25) is 0 Å². The molecule has 0 saturated heterocycles. The number of amides is 1. The normalized spacial score (nSPS) is 10.1. The second-order valence-corrected chi connectivity index (χ2v) is 4.38. The van der Waals surface area contributed by atoms with Gasteiger partial charge in [-0.25, -0.2) is 4.98 Å². The molecule has 0 aliphatic heterocycles. The van der Waals surface area contributed by atoms with Crippen molar-refractivity contribution in [2.75, 3.05) is 6.26 Å². The van der Waals surface area contributed by atoms with E-state index < -0.39 is 5.91 Å². The lowest BCUT2D eigenvalue weighted by atomic mass is 10.2. The maximum Gasteiger partial charge on any atom is 0.254 e. The van der Waals surface area contributed by atoms with E-state index in [1.165, 1.54) is 0 Å². The molecular weight excluding hydrogens is 248 g/mol. The Morgan fingerprint density at radius 2 is 2.17 bits per heavy atom. The summed E-state index contributed by atoms with van der Waals surface area (Å²) in [5.74, 6) is 0.297. The van der Waals surface area contributed by atoms with E-state index >= 15 is 0 Å². The molecule has 0 saturated carbocycles. The average molecular weight is 260 g/mol. The summed E-state index contributed by atoms with van der Waals surface area (Å²) in [5, 5.41) is 0. The van der Waals surface area contributed by atoms with Gasteiger partial charge in [0.2, 0.25) is 5.88 Å². The quantitative estimate of drug-likeness (QED) is 0.858. The summed E-state index contributed by atoms with van der Waals surface area (Å²) < 4.78 is 5.59. The number of carbonyl (C=O) groups excluding carboxylic acids is 1. The van der Waals surface area contributed by atoms with E-state index in [0.717, 1.165) is 4.90 Å². The van der Waals surface area contributed by atoms with Gasteiger partial charge in [-0.05, 0) is 36.6 Å². The predicted octanol–water partition coefficient (Wildman–Crippen LogP) is 2.69. The van der Waals surface area contributed by atoms with Crippen molar-refractivity contribution in [1.29, 1.82) is 0 Å².